The van der Waals surface area contributed by atoms with Gasteiger partial charge in [0.25, 0.3) is 0 Å². The minimum absolute atomic E-state index is 0.312. The first-order chi connectivity index (χ1) is 9.22. The van der Waals surface area contributed by atoms with Gasteiger partial charge >= 0.3 is 0 Å². The molecule has 0 fully saturated rings. The van der Waals surface area contributed by atoms with Crippen molar-refractivity contribution in [3.8, 4) is 0 Å². The van der Waals surface area contributed by atoms with Gasteiger partial charge < -0.3 is 5.32 Å². The van der Waals surface area contributed by atoms with Crippen molar-refractivity contribution in [3.63, 3.8) is 0 Å². The molecular weight excluding hydrogens is 261 g/mol. The highest BCUT2D eigenvalue weighted by atomic mass is 35.5. The van der Waals surface area contributed by atoms with E-state index in [9.17, 15) is 4.39 Å². The summed E-state index contributed by atoms with van der Waals surface area (Å²) in [7, 11) is 0. The number of anilines is 1. The van der Waals surface area contributed by atoms with Gasteiger partial charge in [0, 0.05) is 6.54 Å². The molecule has 2 aromatic carbocycles. The Hall–Kier alpha value is -1.54. The minimum atomic E-state index is -0.312. The third-order valence-corrected chi connectivity index (χ3v) is 3.89. The summed E-state index contributed by atoms with van der Waals surface area (Å²) in [4.78, 5) is 0. The van der Waals surface area contributed by atoms with Crippen LogP contribution in [-0.2, 0) is 19.4 Å². The topological polar surface area (TPSA) is 12.0 Å². The Morgan fingerprint density at radius 1 is 1.05 bits per heavy atom. The number of hydrogen-bond acceptors (Lipinski definition) is 1. The van der Waals surface area contributed by atoms with Gasteiger partial charge in [-0.25, -0.2) is 4.39 Å². The number of rotatable bonds is 3. The van der Waals surface area contributed by atoms with E-state index in [-0.39, 0.29) is 5.82 Å². The first-order valence-electron chi connectivity index (χ1n) is 6.52. The van der Waals surface area contributed by atoms with E-state index in [1.165, 1.54) is 48.1 Å². The number of hydrogen-bond donors (Lipinski definition) is 1. The zero-order valence-corrected chi connectivity index (χ0v) is 11.3. The molecule has 98 valence electrons. The van der Waals surface area contributed by atoms with Crippen LogP contribution >= 0.6 is 11.6 Å². The van der Waals surface area contributed by atoms with Crippen molar-refractivity contribution in [1.29, 1.82) is 0 Å². The number of nitrogens with one attached hydrogen (secondary N) is 1. The van der Waals surface area contributed by atoms with Crippen LogP contribution in [0.15, 0.2) is 36.4 Å². The molecule has 0 heterocycles. The van der Waals surface area contributed by atoms with Crippen LogP contribution in [0, 0.1) is 5.82 Å². The predicted molar refractivity (Wildman–Crippen MR) is 77.2 cm³/mol. The van der Waals surface area contributed by atoms with E-state index in [1.54, 1.807) is 6.07 Å². The van der Waals surface area contributed by atoms with Crippen molar-refractivity contribution in [2.75, 3.05) is 5.32 Å². The first-order valence-corrected chi connectivity index (χ1v) is 6.90. The van der Waals surface area contributed by atoms with E-state index in [0.717, 1.165) is 5.69 Å². The molecule has 0 spiro atoms. The Bertz CT molecular complexity index is 610. The van der Waals surface area contributed by atoms with E-state index in [0.29, 0.717) is 11.6 Å². The minimum Gasteiger partial charge on any atom is -0.380 e. The Kier molecular flexibility index (Phi) is 3.43. The van der Waals surface area contributed by atoms with E-state index in [1.807, 2.05) is 0 Å². The second-order valence-electron chi connectivity index (χ2n) is 4.93. The van der Waals surface area contributed by atoms with E-state index in [4.69, 9.17) is 11.6 Å². The van der Waals surface area contributed by atoms with Gasteiger partial charge in [-0.1, -0.05) is 29.8 Å². The van der Waals surface area contributed by atoms with Crippen molar-refractivity contribution < 1.29 is 4.39 Å². The fourth-order valence-electron chi connectivity index (χ4n) is 2.57. The van der Waals surface area contributed by atoms with Crippen molar-refractivity contribution in [2.24, 2.45) is 0 Å². The zero-order valence-electron chi connectivity index (χ0n) is 10.5. The summed E-state index contributed by atoms with van der Waals surface area (Å²) in [6.07, 6.45) is 3.64. The van der Waals surface area contributed by atoms with Crippen molar-refractivity contribution in [2.45, 2.75) is 25.8 Å². The van der Waals surface area contributed by atoms with Crippen LogP contribution in [0.4, 0.5) is 10.1 Å². The quantitative estimate of drug-likeness (QED) is 0.864. The lowest BCUT2D eigenvalue weighted by Gasteiger charge is -2.10. The Labute approximate surface area is 117 Å². The summed E-state index contributed by atoms with van der Waals surface area (Å²) in [5.74, 6) is -0.312. The molecular formula is C16H15ClFN. The van der Waals surface area contributed by atoms with Crippen LogP contribution in [-0.4, -0.2) is 0 Å². The van der Waals surface area contributed by atoms with Crippen LogP contribution < -0.4 is 5.32 Å². The fourth-order valence-corrected chi connectivity index (χ4v) is 2.80. The molecule has 0 aromatic heterocycles. The summed E-state index contributed by atoms with van der Waals surface area (Å²) in [5.41, 5.74) is 4.94. The van der Waals surface area contributed by atoms with Crippen LogP contribution in [0.3, 0.4) is 0 Å². The van der Waals surface area contributed by atoms with Gasteiger partial charge in [-0.05, 0) is 54.2 Å². The maximum absolute atomic E-state index is 12.9. The highest BCUT2D eigenvalue weighted by Gasteiger charge is 2.10. The maximum atomic E-state index is 12.9. The SMILES string of the molecule is Fc1ccc(NCc2ccc3c(c2)CCC3)c(Cl)c1. The number of fused-ring (bicyclic) bond motifs is 1. The zero-order chi connectivity index (χ0) is 13.2. The summed E-state index contributed by atoms with van der Waals surface area (Å²) in [5, 5.41) is 3.67. The number of benzene rings is 2. The van der Waals surface area contributed by atoms with E-state index in [2.05, 4.69) is 23.5 Å². The maximum Gasteiger partial charge on any atom is 0.124 e. The number of aryl methyl sites for hydroxylation is 2. The molecule has 0 bridgehead atoms. The second-order valence-corrected chi connectivity index (χ2v) is 5.34. The largest absolute Gasteiger partial charge is 0.380 e. The van der Waals surface area contributed by atoms with Crippen LogP contribution in [0.25, 0.3) is 0 Å². The standard InChI is InChI=1S/C16H15ClFN/c17-15-9-14(18)6-7-16(15)19-10-11-4-5-12-2-1-3-13(12)8-11/h4-9,19H,1-3,10H2. The summed E-state index contributed by atoms with van der Waals surface area (Å²) >= 11 is 5.99. The third-order valence-electron chi connectivity index (χ3n) is 3.58. The molecule has 0 unspecified atom stereocenters. The monoisotopic (exact) mass is 275 g/mol. The lowest BCUT2D eigenvalue weighted by molar-refractivity contribution is 0.628. The predicted octanol–water partition coefficient (Wildman–Crippen LogP) is 4.58. The average Bonchev–Trinajstić information content (AvgIpc) is 2.85. The van der Waals surface area contributed by atoms with Crippen molar-refractivity contribution in [1.82, 2.24) is 0 Å². The Morgan fingerprint density at radius 2 is 1.89 bits per heavy atom. The molecule has 0 radical (unpaired) electrons. The Balaban J connectivity index is 1.72. The smallest absolute Gasteiger partial charge is 0.124 e. The van der Waals surface area contributed by atoms with Gasteiger partial charge in [-0.2, -0.15) is 0 Å². The molecule has 1 aliphatic carbocycles. The van der Waals surface area contributed by atoms with Gasteiger partial charge in [0.05, 0.1) is 10.7 Å². The van der Waals surface area contributed by atoms with E-state index < -0.39 is 0 Å². The molecule has 1 N–H and O–H groups in total. The molecule has 0 aliphatic heterocycles. The van der Waals surface area contributed by atoms with E-state index >= 15 is 0 Å². The fraction of sp³-hybridized carbons (Fsp3) is 0.250. The van der Waals surface area contributed by atoms with Crippen molar-refractivity contribution in [3.05, 3.63) is 63.9 Å². The molecule has 2 aromatic rings. The Morgan fingerprint density at radius 3 is 2.74 bits per heavy atom. The van der Waals surface area contributed by atoms with Crippen LogP contribution in [0.5, 0.6) is 0 Å². The molecule has 0 saturated carbocycles. The van der Waals surface area contributed by atoms with Gasteiger partial charge in [0.1, 0.15) is 5.82 Å². The summed E-state index contributed by atoms with van der Waals surface area (Å²) < 4.78 is 12.9. The molecule has 3 heteroatoms. The van der Waals surface area contributed by atoms with Gasteiger partial charge in [-0.15, -0.1) is 0 Å². The first kappa shape index (κ1) is 12.5. The molecule has 0 saturated heterocycles. The normalized spacial score (nSPS) is 13.4. The van der Waals surface area contributed by atoms with Gasteiger partial charge in [0.2, 0.25) is 0 Å². The van der Waals surface area contributed by atoms with Gasteiger partial charge in [-0.3, -0.25) is 0 Å². The lowest BCUT2D eigenvalue weighted by atomic mass is 10.1. The molecule has 0 atom stereocenters. The lowest BCUT2D eigenvalue weighted by Crippen LogP contribution is -2.01. The third kappa shape index (κ3) is 2.74. The summed E-state index contributed by atoms with van der Waals surface area (Å²) in [6.45, 7) is 0.707. The molecule has 1 aliphatic rings. The second kappa shape index (κ2) is 5.22. The summed E-state index contributed by atoms with van der Waals surface area (Å²) in [6, 6.07) is 11.0. The molecule has 0 amide bonds. The van der Waals surface area contributed by atoms with Crippen LogP contribution in [0.1, 0.15) is 23.1 Å². The number of halogens is 2. The molecule has 1 nitrogen and oxygen atoms in total. The van der Waals surface area contributed by atoms with Crippen LogP contribution in [0.2, 0.25) is 5.02 Å². The molecule has 19 heavy (non-hydrogen) atoms. The molecule has 3 rings (SSSR count). The average molecular weight is 276 g/mol. The highest BCUT2D eigenvalue weighted by Crippen LogP contribution is 2.25. The highest BCUT2D eigenvalue weighted by molar-refractivity contribution is 6.33. The van der Waals surface area contributed by atoms with Crippen molar-refractivity contribution >= 4 is 17.3 Å². The van der Waals surface area contributed by atoms with Gasteiger partial charge in [0.15, 0.2) is 0 Å².